The number of rotatable bonds is 4. The van der Waals surface area contributed by atoms with Crippen molar-refractivity contribution in [3.8, 4) is 11.5 Å². The normalized spacial score (nSPS) is 18.9. The zero-order valence-electron chi connectivity index (χ0n) is 14.1. The fraction of sp³-hybridized carbons (Fsp3) is 0.625. The van der Waals surface area contributed by atoms with E-state index in [-0.39, 0.29) is 5.25 Å². The van der Waals surface area contributed by atoms with Crippen LogP contribution in [0, 0.1) is 6.92 Å². The van der Waals surface area contributed by atoms with Crippen molar-refractivity contribution >= 4 is 26.4 Å². The molecule has 0 aromatic carbocycles. The molecule has 2 aromatic rings. The van der Waals surface area contributed by atoms with E-state index < -0.39 is 10.0 Å². The molecule has 2 aromatic heterocycles. The van der Waals surface area contributed by atoms with Crippen molar-refractivity contribution in [2.45, 2.75) is 57.3 Å². The molecule has 1 N–H and O–H groups in total. The van der Waals surface area contributed by atoms with E-state index in [2.05, 4.69) is 14.9 Å². The fourth-order valence-corrected chi connectivity index (χ4v) is 6.54. The van der Waals surface area contributed by atoms with E-state index in [0.717, 1.165) is 48.1 Å². The number of hydrogen-bond acceptors (Lipinski definition) is 7. The molecule has 2 aliphatic rings. The van der Waals surface area contributed by atoms with Gasteiger partial charge in [0, 0.05) is 4.88 Å². The van der Waals surface area contributed by atoms with E-state index >= 15 is 0 Å². The van der Waals surface area contributed by atoms with Crippen LogP contribution < -0.4 is 4.72 Å². The van der Waals surface area contributed by atoms with Crippen LogP contribution in [-0.2, 0) is 27.8 Å². The maximum absolute atomic E-state index is 12.9. The van der Waals surface area contributed by atoms with Crippen LogP contribution in [0.5, 0.6) is 0 Å². The zero-order chi connectivity index (χ0) is 17.4. The first-order valence-electron chi connectivity index (χ1n) is 8.59. The number of fused-ring (bicyclic) bond motifs is 1. The van der Waals surface area contributed by atoms with Crippen molar-refractivity contribution in [2.24, 2.45) is 0 Å². The summed E-state index contributed by atoms with van der Waals surface area (Å²) in [4.78, 5) is 5.34. The van der Waals surface area contributed by atoms with Crippen LogP contribution in [-0.4, -0.2) is 30.4 Å². The second-order valence-electron chi connectivity index (χ2n) is 6.56. The second-order valence-corrected chi connectivity index (χ2v) is 9.63. The molecule has 0 spiro atoms. The van der Waals surface area contributed by atoms with Crippen molar-refractivity contribution in [3.63, 3.8) is 0 Å². The van der Waals surface area contributed by atoms with Gasteiger partial charge in [-0.1, -0.05) is 24.4 Å². The molecule has 0 bridgehead atoms. The third-order valence-corrected chi connectivity index (χ3v) is 7.88. The average molecular weight is 383 g/mol. The number of nitrogens with zero attached hydrogens (tertiary/aromatic N) is 2. The topological polar surface area (TPSA) is 94.3 Å². The highest BCUT2D eigenvalue weighted by molar-refractivity contribution is 7.93. The molecular weight excluding hydrogens is 362 g/mol. The minimum atomic E-state index is -3.43. The van der Waals surface area contributed by atoms with E-state index in [1.807, 2.05) is 0 Å². The molecule has 0 saturated heterocycles. The van der Waals surface area contributed by atoms with Crippen LogP contribution in [0.1, 0.15) is 48.4 Å². The van der Waals surface area contributed by atoms with Gasteiger partial charge in [0.2, 0.25) is 10.0 Å². The van der Waals surface area contributed by atoms with Crippen LogP contribution in [0.2, 0.25) is 0 Å². The Labute approximate surface area is 150 Å². The molecule has 4 rings (SSSR count). The van der Waals surface area contributed by atoms with E-state index in [9.17, 15) is 8.42 Å². The van der Waals surface area contributed by atoms with Crippen molar-refractivity contribution in [2.75, 3.05) is 11.3 Å². The lowest BCUT2D eigenvalue weighted by Gasteiger charge is -2.22. The third kappa shape index (κ3) is 3.32. The number of hydrogen-bond donors (Lipinski definition) is 1. The Morgan fingerprint density at radius 3 is 2.76 bits per heavy atom. The number of ether oxygens (including phenoxy) is 1. The smallest absolute Gasteiger partial charge is 0.261 e. The molecule has 1 aliphatic heterocycles. The van der Waals surface area contributed by atoms with Crippen molar-refractivity contribution < 1.29 is 17.7 Å². The van der Waals surface area contributed by atoms with Crippen LogP contribution in [0.4, 0.5) is 5.00 Å². The summed E-state index contributed by atoms with van der Waals surface area (Å²) >= 11 is 1.41. The van der Waals surface area contributed by atoms with Gasteiger partial charge in [0.25, 0.3) is 5.89 Å². The Balaban J connectivity index is 1.72. The Hall–Kier alpha value is -1.45. The number of nitrogens with one attached hydrogen (secondary N) is 1. The van der Waals surface area contributed by atoms with Gasteiger partial charge in [-0.3, -0.25) is 4.72 Å². The monoisotopic (exact) mass is 383 g/mol. The van der Waals surface area contributed by atoms with Gasteiger partial charge in [-0.2, -0.15) is 4.98 Å². The van der Waals surface area contributed by atoms with Gasteiger partial charge < -0.3 is 9.26 Å². The summed E-state index contributed by atoms with van der Waals surface area (Å²) in [6.45, 7) is 2.85. The highest BCUT2D eigenvalue weighted by atomic mass is 32.2. The van der Waals surface area contributed by atoms with Gasteiger partial charge in [0.05, 0.1) is 24.0 Å². The molecule has 7 nitrogen and oxygen atoms in total. The number of aryl methyl sites for hydroxylation is 1. The zero-order valence-corrected chi connectivity index (χ0v) is 15.7. The van der Waals surface area contributed by atoms with Gasteiger partial charge in [0.1, 0.15) is 5.00 Å². The number of anilines is 1. The van der Waals surface area contributed by atoms with Crippen molar-refractivity contribution in [1.29, 1.82) is 0 Å². The summed E-state index contributed by atoms with van der Waals surface area (Å²) < 4.78 is 39.4. The van der Waals surface area contributed by atoms with E-state index in [1.54, 1.807) is 6.92 Å². The Morgan fingerprint density at radius 1 is 1.24 bits per heavy atom. The third-order valence-electron chi connectivity index (χ3n) is 4.79. The summed E-state index contributed by atoms with van der Waals surface area (Å²) in [5.74, 6) is 0.904. The molecule has 25 heavy (non-hydrogen) atoms. The molecule has 1 saturated carbocycles. The quantitative estimate of drug-likeness (QED) is 0.871. The molecule has 3 heterocycles. The minimum Gasteiger partial charge on any atom is -0.376 e. The minimum absolute atomic E-state index is 0.325. The molecule has 1 aliphatic carbocycles. The molecule has 136 valence electrons. The standard InChI is InChI=1S/C16H21N3O4S2/c1-10-17-15(23-18-10)14-12-7-8-22-9-13(12)24-16(14)19-25(20,21)11-5-3-2-4-6-11/h11,19H,2-9H2,1H3. The highest BCUT2D eigenvalue weighted by Crippen LogP contribution is 2.43. The summed E-state index contributed by atoms with van der Waals surface area (Å²) in [6, 6.07) is 0. The van der Waals surface area contributed by atoms with Gasteiger partial charge in [-0.15, -0.1) is 11.3 Å². The van der Waals surface area contributed by atoms with E-state index in [4.69, 9.17) is 9.26 Å². The first kappa shape index (κ1) is 17.0. The summed E-state index contributed by atoms with van der Waals surface area (Å²) in [5.41, 5.74) is 1.78. The predicted molar refractivity (Wildman–Crippen MR) is 95.1 cm³/mol. The van der Waals surface area contributed by atoms with Crippen molar-refractivity contribution in [3.05, 3.63) is 16.3 Å². The van der Waals surface area contributed by atoms with Crippen molar-refractivity contribution in [1.82, 2.24) is 10.1 Å². The first-order chi connectivity index (χ1) is 12.0. The Kier molecular flexibility index (Phi) is 4.55. The lowest BCUT2D eigenvalue weighted by atomic mass is 10.0. The maximum atomic E-state index is 12.9. The van der Waals surface area contributed by atoms with Gasteiger partial charge in [-0.25, -0.2) is 8.42 Å². The van der Waals surface area contributed by atoms with Gasteiger partial charge in [0.15, 0.2) is 5.82 Å². The number of aromatic nitrogens is 2. The number of sulfonamides is 1. The molecular formula is C16H21N3O4S2. The van der Waals surface area contributed by atoms with E-state index in [0.29, 0.717) is 36.4 Å². The second kappa shape index (κ2) is 6.69. The summed E-state index contributed by atoms with van der Waals surface area (Å²) in [5, 5.41) is 4.11. The molecule has 0 atom stereocenters. The molecule has 0 unspecified atom stereocenters. The molecule has 9 heteroatoms. The Morgan fingerprint density at radius 2 is 2.04 bits per heavy atom. The van der Waals surface area contributed by atoms with Gasteiger partial charge in [-0.05, 0) is 31.7 Å². The van der Waals surface area contributed by atoms with Crippen LogP contribution in [0.15, 0.2) is 4.52 Å². The lowest BCUT2D eigenvalue weighted by molar-refractivity contribution is 0.113. The average Bonchev–Trinajstić information content (AvgIpc) is 3.18. The van der Waals surface area contributed by atoms with Gasteiger partial charge >= 0.3 is 0 Å². The fourth-order valence-electron chi connectivity index (χ4n) is 3.52. The molecule has 1 fully saturated rings. The predicted octanol–water partition coefficient (Wildman–Crippen LogP) is 3.25. The molecule has 0 amide bonds. The van der Waals surface area contributed by atoms with E-state index in [1.165, 1.54) is 11.3 Å². The lowest BCUT2D eigenvalue weighted by Crippen LogP contribution is -2.29. The van der Waals surface area contributed by atoms with Crippen LogP contribution in [0.3, 0.4) is 0 Å². The highest BCUT2D eigenvalue weighted by Gasteiger charge is 2.32. The summed E-state index contributed by atoms with van der Waals surface area (Å²) in [6.07, 6.45) is 5.21. The van der Waals surface area contributed by atoms with Crippen LogP contribution in [0.25, 0.3) is 11.5 Å². The SMILES string of the molecule is Cc1noc(-c2c(NS(=O)(=O)C3CCCCC3)sc3c2CCOC3)n1. The first-order valence-corrected chi connectivity index (χ1v) is 11.0. The summed E-state index contributed by atoms with van der Waals surface area (Å²) in [7, 11) is -3.43. The number of thiophene rings is 1. The van der Waals surface area contributed by atoms with Crippen LogP contribution >= 0.6 is 11.3 Å². The Bertz CT molecular complexity index is 866. The largest absolute Gasteiger partial charge is 0.376 e. The molecule has 0 radical (unpaired) electrons. The maximum Gasteiger partial charge on any atom is 0.261 e.